The van der Waals surface area contributed by atoms with E-state index in [0.29, 0.717) is 19.1 Å². The van der Waals surface area contributed by atoms with Gasteiger partial charge in [-0.1, -0.05) is 0 Å². The maximum atomic E-state index is 12.2. The minimum Gasteiger partial charge on any atom is -0.444 e. The lowest BCUT2D eigenvalue weighted by Gasteiger charge is -2.35. The van der Waals surface area contributed by atoms with E-state index in [2.05, 4.69) is 43.3 Å². The van der Waals surface area contributed by atoms with Crippen molar-refractivity contribution in [2.45, 2.75) is 70.7 Å². The van der Waals surface area contributed by atoms with E-state index in [1.807, 2.05) is 20.8 Å². The molecule has 0 atom stereocenters. The highest BCUT2D eigenvalue weighted by molar-refractivity contribution is 9.10. The summed E-state index contributed by atoms with van der Waals surface area (Å²) in [6, 6.07) is 4.52. The van der Waals surface area contributed by atoms with Crippen LogP contribution in [0.2, 0.25) is 0 Å². The number of hydrogen-bond acceptors (Lipinski definition) is 6. The third-order valence-electron chi connectivity index (χ3n) is 5.33. The van der Waals surface area contributed by atoms with E-state index < -0.39 is 5.60 Å². The van der Waals surface area contributed by atoms with Crippen LogP contribution in [0.25, 0.3) is 0 Å². The molecule has 0 unspecified atom stereocenters. The Morgan fingerprint density at radius 2 is 1.86 bits per heavy atom. The molecular weight excluding hydrogens is 436 g/mol. The molecule has 1 saturated carbocycles. The van der Waals surface area contributed by atoms with Crippen molar-refractivity contribution in [1.29, 1.82) is 0 Å². The van der Waals surface area contributed by atoms with Crippen molar-refractivity contribution in [3.63, 3.8) is 0 Å². The van der Waals surface area contributed by atoms with Gasteiger partial charge in [-0.15, -0.1) is 0 Å². The molecule has 1 saturated heterocycles. The molecule has 1 aromatic heterocycles. The Balaban J connectivity index is 1.52. The summed E-state index contributed by atoms with van der Waals surface area (Å²) in [5.74, 6) is 0.878. The summed E-state index contributed by atoms with van der Waals surface area (Å²) < 4.78 is 6.29. The maximum Gasteiger partial charge on any atom is 0.410 e. The number of carbonyl (C=O) groups is 1. The van der Waals surface area contributed by atoms with Gasteiger partial charge >= 0.3 is 6.09 Å². The SMILES string of the molecule is CC(C)(C)OC(=O)N1CCN(Cc2cc(Br)nc(NC3CCC(O)CC3)c2)CC1. The van der Waals surface area contributed by atoms with Crippen molar-refractivity contribution in [2.75, 3.05) is 31.5 Å². The zero-order valence-corrected chi connectivity index (χ0v) is 19.2. The number of halogens is 1. The number of nitrogens with zero attached hydrogens (tertiary/aromatic N) is 3. The molecular formula is C21H33BrN4O3. The van der Waals surface area contributed by atoms with E-state index >= 15 is 0 Å². The lowest BCUT2D eigenvalue weighted by atomic mass is 9.93. The molecule has 0 radical (unpaired) electrons. The predicted molar refractivity (Wildman–Crippen MR) is 117 cm³/mol. The van der Waals surface area contributed by atoms with E-state index in [9.17, 15) is 9.90 Å². The van der Waals surface area contributed by atoms with Crippen LogP contribution < -0.4 is 5.32 Å². The van der Waals surface area contributed by atoms with Crippen molar-refractivity contribution >= 4 is 27.8 Å². The Hall–Kier alpha value is -1.38. The fourth-order valence-corrected chi connectivity index (χ4v) is 4.30. The fourth-order valence-electron chi connectivity index (χ4n) is 3.82. The monoisotopic (exact) mass is 468 g/mol. The second-order valence-corrected chi connectivity index (χ2v) is 9.89. The first-order valence-corrected chi connectivity index (χ1v) is 11.3. The second-order valence-electron chi connectivity index (χ2n) is 9.08. The lowest BCUT2D eigenvalue weighted by molar-refractivity contribution is 0.0139. The maximum absolute atomic E-state index is 12.2. The normalized spacial score (nSPS) is 23.7. The minimum atomic E-state index is -0.461. The number of ether oxygens (including phenoxy) is 1. The smallest absolute Gasteiger partial charge is 0.410 e. The molecule has 0 spiro atoms. The van der Waals surface area contributed by atoms with Gasteiger partial charge < -0.3 is 20.1 Å². The first-order valence-electron chi connectivity index (χ1n) is 10.5. The van der Waals surface area contributed by atoms with Crippen LogP contribution in [0.1, 0.15) is 52.0 Å². The number of nitrogens with one attached hydrogen (secondary N) is 1. The third-order valence-corrected chi connectivity index (χ3v) is 5.74. The standard InChI is InChI=1S/C21H33BrN4O3/c1-21(2,3)29-20(28)26-10-8-25(9-11-26)14-15-12-18(22)24-19(13-15)23-16-4-6-17(27)7-5-16/h12-13,16-17,27H,4-11,14H2,1-3H3,(H,23,24). The van der Waals surface area contributed by atoms with Gasteiger partial charge in [0, 0.05) is 38.8 Å². The fraction of sp³-hybridized carbons (Fsp3) is 0.714. The second kappa shape index (κ2) is 9.62. The Labute approximate surface area is 181 Å². The Kier molecular flexibility index (Phi) is 7.40. The van der Waals surface area contributed by atoms with Crippen molar-refractivity contribution < 1.29 is 14.6 Å². The minimum absolute atomic E-state index is 0.154. The summed E-state index contributed by atoms with van der Waals surface area (Å²) in [6.07, 6.45) is 3.25. The van der Waals surface area contributed by atoms with Gasteiger partial charge in [0.25, 0.3) is 0 Å². The molecule has 8 heteroatoms. The number of aliphatic hydroxyl groups is 1. The number of carbonyl (C=O) groups excluding carboxylic acids is 1. The van der Waals surface area contributed by atoms with Crippen LogP contribution >= 0.6 is 15.9 Å². The number of anilines is 1. The number of aromatic nitrogens is 1. The van der Waals surface area contributed by atoms with Crippen LogP contribution in [-0.2, 0) is 11.3 Å². The first-order chi connectivity index (χ1) is 13.7. The van der Waals surface area contributed by atoms with Crippen molar-refractivity contribution in [1.82, 2.24) is 14.8 Å². The Morgan fingerprint density at radius 3 is 2.48 bits per heavy atom. The molecule has 1 aliphatic carbocycles. The number of hydrogen-bond donors (Lipinski definition) is 2. The highest BCUT2D eigenvalue weighted by Crippen LogP contribution is 2.24. The quantitative estimate of drug-likeness (QED) is 0.657. The number of piperazine rings is 1. The number of amides is 1. The van der Waals surface area contributed by atoms with Gasteiger partial charge in [0.15, 0.2) is 0 Å². The molecule has 2 fully saturated rings. The topological polar surface area (TPSA) is 77.9 Å². The summed E-state index contributed by atoms with van der Waals surface area (Å²) in [4.78, 5) is 20.9. The molecule has 1 aliphatic heterocycles. The van der Waals surface area contributed by atoms with E-state index in [1.54, 1.807) is 4.90 Å². The molecule has 2 heterocycles. The van der Waals surface area contributed by atoms with Gasteiger partial charge in [0.05, 0.1) is 6.10 Å². The molecule has 162 valence electrons. The van der Waals surface area contributed by atoms with Crippen LogP contribution in [-0.4, -0.2) is 69.9 Å². The molecule has 0 aromatic carbocycles. The van der Waals surface area contributed by atoms with Gasteiger partial charge in [-0.3, -0.25) is 4.90 Å². The summed E-state index contributed by atoms with van der Waals surface area (Å²) in [6.45, 7) is 9.50. The van der Waals surface area contributed by atoms with Crippen LogP contribution in [0.15, 0.2) is 16.7 Å². The molecule has 7 nitrogen and oxygen atoms in total. The summed E-state index contributed by atoms with van der Waals surface area (Å²) in [7, 11) is 0. The van der Waals surface area contributed by atoms with Crippen molar-refractivity contribution in [3.05, 3.63) is 22.3 Å². The van der Waals surface area contributed by atoms with Crippen LogP contribution in [0.5, 0.6) is 0 Å². The number of aliphatic hydroxyl groups excluding tert-OH is 1. The highest BCUT2D eigenvalue weighted by atomic mass is 79.9. The molecule has 0 bridgehead atoms. The van der Waals surface area contributed by atoms with Gasteiger partial charge in [0.2, 0.25) is 0 Å². The van der Waals surface area contributed by atoms with Crippen molar-refractivity contribution in [3.8, 4) is 0 Å². The average Bonchev–Trinajstić information content (AvgIpc) is 2.62. The number of pyridine rings is 1. The average molecular weight is 469 g/mol. The highest BCUT2D eigenvalue weighted by Gasteiger charge is 2.26. The van der Waals surface area contributed by atoms with Gasteiger partial charge in [-0.25, -0.2) is 9.78 Å². The molecule has 29 heavy (non-hydrogen) atoms. The lowest BCUT2D eigenvalue weighted by Crippen LogP contribution is -2.49. The summed E-state index contributed by atoms with van der Waals surface area (Å²) in [5, 5.41) is 13.2. The van der Waals surface area contributed by atoms with Crippen LogP contribution in [0, 0.1) is 0 Å². The predicted octanol–water partition coefficient (Wildman–Crippen LogP) is 3.61. The van der Waals surface area contributed by atoms with E-state index in [-0.39, 0.29) is 12.2 Å². The van der Waals surface area contributed by atoms with E-state index in [0.717, 1.165) is 55.7 Å². The zero-order chi connectivity index (χ0) is 21.0. The zero-order valence-electron chi connectivity index (χ0n) is 17.7. The van der Waals surface area contributed by atoms with Crippen molar-refractivity contribution in [2.24, 2.45) is 0 Å². The molecule has 2 aliphatic rings. The Morgan fingerprint density at radius 1 is 1.21 bits per heavy atom. The van der Waals surface area contributed by atoms with Gasteiger partial charge in [-0.05, 0) is 80.1 Å². The van der Waals surface area contributed by atoms with Gasteiger partial charge in [0.1, 0.15) is 16.0 Å². The molecule has 3 rings (SSSR count). The Bertz CT molecular complexity index is 694. The van der Waals surface area contributed by atoms with Crippen LogP contribution in [0.3, 0.4) is 0 Å². The largest absolute Gasteiger partial charge is 0.444 e. The van der Waals surface area contributed by atoms with Gasteiger partial charge in [-0.2, -0.15) is 0 Å². The third kappa shape index (κ3) is 7.12. The number of rotatable bonds is 4. The van der Waals surface area contributed by atoms with E-state index in [4.69, 9.17) is 4.74 Å². The van der Waals surface area contributed by atoms with E-state index in [1.165, 1.54) is 5.56 Å². The molecule has 1 aromatic rings. The molecule has 1 amide bonds. The molecule has 2 N–H and O–H groups in total. The summed E-state index contributed by atoms with van der Waals surface area (Å²) in [5.41, 5.74) is 0.730. The first kappa shape index (κ1) is 22.3. The van der Waals surface area contributed by atoms with Crippen LogP contribution in [0.4, 0.5) is 10.6 Å². The summed E-state index contributed by atoms with van der Waals surface area (Å²) >= 11 is 3.53.